The second-order valence-electron chi connectivity index (χ2n) is 7.35. The van der Waals surface area contributed by atoms with Gasteiger partial charge in [-0.1, -0.05) is 90.2 Å². The number of rotatable bonds is 16. The van der Waals surface area contributed by atoms with Crippen molar-refractivity contribution < 1.29 is 21.9 Å². The van der Waals surface area contributed by atoms with Gasteiger partial charge in [0.25, 0.3) is 0 Å². The normalized spacial score (nSPS) is 10.3. The molecule has 0 bridgehead atoms. The molecule has 0 aliphatic rings. The van der Waals surface area contributed by atoms with E-state index in [9.17, 15) is 9.59 Å². The van der Waals surface area contributed by atoms with E-state index in [1.54, 1.807) is 24.3 Å². The summed E-state index contributed by atoms with van der Waals surface area (Å²) < 4.78 is 10.7. The smallest absolute Gasteiger partial charge is 1.00 e. The standard InChI is InChI=1S/C24H38O4.Ca.2H/c1-3-5-7-9-11-15-19-27-23(25)21-17-13-14-18-22(21)24(26)28-20-16-12-10-8-6-4-2;;;/h13-14,17-18H,3-12,15-16,19-20H2,1-2H3;;;/q;+2;2*-1. The van der Waals surface area contributed by atoms with Crippen molar-refractivity contribution in [2.45, 2.75) is 90.9 Å². The summed E-state index contributed by atoms with van der Waals surface area (Å²) in [6.45, 7) is 5.17. The van der Waals surface area contributed by atoms with Crippen LogP contribution >= 0.6 is 0 Å². The van der Waals surface area contributed by atoms with Crippen LogP contribution in [0, 0.1) is 0 Å². The van der Waals surface area contributed by atoms with E-state index in [0.717, 1.165) is 25.7 Å². The Kier molecular flexibility index (Phi) is 19.0. The van der Waals surface area contributed by atoms with Crippen molar-refractivity contribution in [1.82, 2.24) is 0 Å². The summed E-state index contributed by atoms with van der Waals surface area (Å²) in [5.41, 5.74) is 0.586. The zero-order chi connectivity index (χ0) is 20.5. The summed E-state index contributed by atoms with van der Waals surface area (Å²) in [6.07, 6.45) is 13.6. The molecule has 0 N–H and O–H groups in total. The van der Waals surface area contributed by atoms with Crippen LogP contribution in [-0.4, -0.2) is 62.9 Å². The van der Waals surface area contributed by atoms with Crippen LogP contribution in [0.3, 0.4) is 0 Å². The van der Waals surface area contributed by atoms with Crippen LogP contribution in [0.1, 0.15) is 114 Å². The Bertz CT molecular complexity index is 521. The molecule has 0 atom stereocenters. The average molecular weight is 433 g/mol. The topological polar surface area (TPSA) is 52.6 Å². The maximum atomic E-state index is 12.4. The van der Waals surface area contributed by atoms with Crippen molar-refractivity contribution >= 4 is 49.7 Å². The van der Waals surface area contributed by atoms with Crippen LogP contribution in [0.5, 0.6) is 0 Å². The molecule has 29 heavy (non-hydrogen) atoms. The van der Waals surface area contributed by atoms with Crippen molar-refractivity contribution in [3.05, 3.63) is 35.4 Å². The summed E-state index contributed by atoms with van der Waals surface area (Å²) in [7, 11) is 0. The Labute approximate surface area is 210 Å². The van der Waals surface area contributed by atoms with Gasteiger partial charge < -0.3 is 12.3 Å². The van der Waals surface area contributed by atoms with E-state index in [1.165, 1.54) is 51.4 Å². The van der Waals surface area contributed by atoms with E-state index < -0.39 is 11.9 Å². The van der Waals surface area contributed by atoms with Crippen molar-refractivity contribution in [1.29, 1.82) is 0 Å². The zero-order valence-electron chi connectivity index (χ0n) is 20.5. The minimum Gasteiger partial charge on any atom is -1.00 e. The van der Waals surface area contributed by atoms with E-state index in [4.69, 9.17) is 9.47 Å². The molecule has 1 rings (SSSR count). The van der Waals surface area contributed by atoms with Crippen LogP contribution in [-0.2, 0) is 9.47 Å². The van der Waals surface area contributed by atoms with Crippen molar-refractivity contribution in [2.75, 3.05) is 13.2 Å². The fourth-order valence-electron chi connectivity index (χ4n) is 3.09. The summed E-state index contributed by atoms with van der Waals surface area (Å²) >= 11 is 0. The molecule has 5 heteroatoms. The molecular formula is C24H40CaO4. The number of ether oxygens (including phenoxy) is 2. The first kappa shape index (κ1) is 28.4. The van der Waals surface area contributed by atoms with Gasteiger partial charge >= 0.3 is 49.7 Å². The Morgan fingerprint density at radius 3 is 1.38 bits per heavy atom. The maximum Gasteiger partial charge on any atom is 2.00 e. The van der Waals surface area contributed by atoms with E-state index in [2.05, 4.69) is 13.8 Å². The molecule has 0 saturated heterocycles. The number of hydrogen-bond donors (Lipinski definition) is 0. The van der Waals surface area contributed by atoms with Crippen LogP contribution in [0.25, 0.3) is 0 Å². The Balaban J connectivity index is -0.00000261. The van der Waals surface area contributed by atoms with Crippen molar-refractivity contribution in [3.63, 3.8) is 0 Å². The summed E-state index contributed by atoms with van der Waals surface area (Å²) in [5, 5.41) is 0. The number of carbonyl (C=O) groups excluding carboxylic acids is 2. The van der Waals surface area contributed by atoms with E-state index in [1.807, 2.05) is 0 Å². The Hall–Kier alpha value is -0.580. The van der Waals surface area contributed by atoms with Gasteiger partial charge in [-0.25, -0.2) is 9.59 Å². The zero-order valence-corrected chi connectivity index (χ0v) is 20.8. The van der Waals surface area contributed by atoms with Crippen LogP contribution in [0.2, 0.25) is 0 Å². The number of esters is 2. The van der Waals surface area contributed by atoms with Gasteiger partial charge in [-0.3, -0.25) is 0 Å². The minimum absolute atomic E-state index is 0. The van der Waals surface area contributed by atoms with Gasteiger partial charge in [0.1, 0.15) is 0 Å². The molecule has 0 saturated carbocycles. The van der Waals surface area contributed by atoms with Gasteiger partial charge in [-0.15, -0.1) is 0 Å². The molecule has 1 aromatic rings. The van der Waals surface area contributed by atoms with Crippen LogP contribution < -0.4 is 0 Å². The van der Waals surface area contributed by atoms with E-state index in [0.29, 0.717) is 24.3 Å². The van der Waals surface area contributed by atoms with Crippen molar-refractivity contribution in [3.8, 4) is 0 Å². The van der Waals surface area contributed by atoms with Crippen molar-refractivity contribution in [2.24, 2.45) is 0 Å². The molecule has 0 aliphatic heterocycles. The molecule has 1 aromatic carbocycles. The van der Waals surface area contributed by atoms with Gasteiger partial charge in [-0.2, -0.15) is 0 Å². The first-order valence-corrected chi connectivity index (χ1v) is 11.1. The molecule has 0 radical (unpaired) electrons. The van der Waals surface area contributed by atoms with Gasteiger partial charge in [0.05, 0.1) is 24.3 Å². The summed E-state index contributed by atoms with van der Waals surface area (Å²) in [4.78, 5) is 24.7. The molecule has 162 valence electrons. The third-order valence-corrected chi connectivity index (χ3v) is 4.83. The van der Waals surface area contributed by atoms with Gasteiger partial charge in [0.2, 0.25) is 0 Å². The average Bonchev–Trinajstić information content (AvgIpc) is 2.72. The number of benzene rings is 1. The molecule has 0 fully saturated rings. The predicted molar refractivity (Wildman–Crippen MR) is 122 cm³/mol. The Morgan fingerprint density at radius 2 is 1.00 bits per heavy atom. The first-order chi connectivity index (χ1) is 13.7. The second-order valence-corrected chi connectivity index (χ2v) is 7.35. The molecule has 0 aliphatic carbocycles. The van der Waals surface area contributed by atoms with Crippen LogP contribution in [0.15, 0.2) is 24.3 Å². The predicted octanol–water partition coefficient (Wildman–Crippen LogP) is 6.57. The fraction of sp³-hybridized carbons (Fsp3) is 0.667. The Morgan fingerprint density at radius 1 is 0.655 bits per heavy atom. The van der Waals surface area contributed by atoms with Gasteiger partial charge in [0.15, 0.2) is 0 Å². The molecule has 0 spiro atoms. The SMILES string of the molecule is CCCCCCCCOC(=O)c1ccccc1C(=O)OCCCCCCCC.[Ca+2].[H-].[H-]. The fourth-order valence-corrected chi connectivity index (χ4v) is 3.09. The molecule has 4 nitrogen and oxygen atoms in total. The third kappa shape index (κ3) is 13.4. The molecule has 0 aromatic heterocycles. The number of unbranched alkanes of at least 4 members (excludes halogenated alkanes) is 10. The first-order valence-electron chi connectivity index (χ1n) is 11.1. The van der Waals surface area contributed by atoms with E-state index in [-0.39, 0.29) is 40.6 Å². The number of carbonyl (C=O) groups is 2. The summed E-state index contributed by atoms with van der Waals surface area (Å²) in [6, 6.07) is 6.74. The maximum absolute atomic E-state index is 12.4. The van der Waals surface area contributed by atoms with E-state index >= 15 is 0 Å². The molecule has 0 unspecified atom stereocenters. The molecule has 0 heterocycles. The second kappa shape index (κ2) is 19.4. The van der Waals surface area contributed by atoms with Crippen LogP contribution in [0.4, 0.5) is 0 Å². The monoisotopic (exact) mass is 432 g/mol. The third-order valence-electron chi connectivity index (χ3n) is 4.83. The summed E-state index contributed by atoms with van der Waals surface area (Å²) in [5.74, 6) is -0.888. The minimum atomic E-state index is -0.444. The molecule has 0 amide bonds. The van der Waals surface area contributed by atoms with Gasteiger partial charge in [0, 0.05) is 0 Å². The largest absolute Gasteiger partial charge is 2.00 e. The van der Waals surface area contributed by atoms with Gasteiger partial charge in [-0.05, 0) is 25.0 Å². The molecular weight excluding hydrogens is 392 g/mol. The number of hydrogen-bond acceptors (Lipinski definition) is 4. The quantitative estimate of drug-likeness (QED) is 0.168.